The molecular weight excluding hydrogens is 292 g/mol. The van der Waals surface area contributed by atoms with Gasteiger partial charge in [0.15, 0.2) is 10.8 Å². The second kappa shape index (κ2) is 4.65. The van der Waals surface area contributed by atoms with Crippen LogP contribution in [0.3, 0.4) is 0 Å². The number of alkyl halides is 1. The van der Waals surface area contributed by atoms with Gasteiger partial charge in [-0.25, -0.2) is 0 Å². The highest BCUT2D eigenvalue weighted by Gasteiger charge is 2.36. The van der Waals surface area contributed by atoms with Crippen molar-refractivity contribution < 1.29 is 9.84 Å². The lowest BCUT2D eigenvalue weighted by molar-refractivity contribution is -0.177. The van der Waals surface area contributed by atoms with E-state index in [1.807, 2.05) is 18.2 Å². The summed E-state index contributed by atoms with van der Waals surface area (Å²) in [5.41, 5.74) is 1.10. The van der Waals surface area contributed by atoms with E-state index in [0.717, 1.165) is 18.4 Å². The van der Waals surface area contributed by atoms with Crippen molar-refractivity contribution in [1.82, 2.24) is 0 Å². The molecule has 2 aromatic rings. The summed E-state index contributed by atoms with van der Waals surface area (Å²) in [4.78, 5) is 0. The molecule has 1 aliphatic heterocycles. The van der Waals surface area contributed by atoms with Crippen molar-refractivity contribution in [2.45, 2.75) is 30.1 Å². The molecule has 94 valence electrons. The summed E-state index contributed by atoms with van der Waals surface area (Å²) in [7, 11) is 0. The van der Waals surface area contributed by atoms with Crippen LogP contribution >= 0.6 is 15.9 Å². The van der Waals surface area contributed by atoms with Gasteiger partial charge in [0.25, 0.3) is 0 Å². The summed E-state index contributed by atoms with van der Waals surface area (Å²) >= 11 is 3.68. The zero-order chi connectivity index (χ0) is 12.6. The van der Waals surface area contributed by atoms with Crippen LogP contribution in [0.2, 0.25) is 0 Å². The maximum atomic E-state index is 9.73. The number of rotatable bonds is 1. The van der Waals surface area contributed by atoms with E-state index in [0.29, 0.717) is 6.42 Å². The fourth-order valence-electron chi connectivity index (χ4n) is 2.59. The molecule has 2 nitrogen and oxygen atoms in total. The normalized spacial score (nSPS) is 28.4. The number of ether oxygens (including phenoxy) is 1. The van der Waals surface area contributed by atoms with E-state index in [-0.39, 0.29) is 0 Å². The van der Waals surface area contributed by atoms with Gasteiger partial charge in [-0.1, -0.05) is 42.5 Å². The van der Waals surface area contributed by atoms with Gasteiger partial charge in [0.05, 0.1) is 0 Å². The molecule has 1 heterocycles. The molecule has 1 N–H and O–H groups in total. The minimum atomic E-state index is -0.683. The molecule has 18 heavy (non-hydrogen) atoms. The standard InChI is InChI=1S/C15H15BrO2/c16-15(10-4-9-14(17)18-15)13-8-3-6-11-5-1-2-7-12(11)13/h1-3,5-8,14,17H,4,9-10H2. The summed E-state index contributed by atoms with van der Waals surface area (Å²) in [6.45, 7) is 0. The molecule has 2 aromatic carbocycles. The zero-order valence-corrected chi connectivity index (χ0v) is 11.6. The van der Waals surface area contributed by atoms with Gasteiger partial charge >= 0.3 is 0 Å². The average Bonchev–Trinajstić information content (AvgIpc) is 2.38. The second-order valence-electron chi connectivity index (χ2n) is 4.72. The first-order valence-electron chi connectivity index (χ1n) is 6.22. The Morgan fingerprint density at radius 2 is 1.94 bits per heavy atom. The van der Waals surface area contributed by atoms with E-state index < -0.39 is 10.8 Å². The van der Waals surface area contributed by atoms with Crippen molar-refractivity contribution in [2.24, 2.45) is 0 Å². The Bertz CT molecular complexity index is 564. The van der Waals surface area contributed by atoms with E-state index in [9.17, 15) is 5.11 Å². The lowest BCUT2D eigenvalue weighted by atomic mass is 9.95. The number of benzene rings is 2. The number of hydrogen-bond donors (Lipinski definition) is 1. The number of halogens is 1. The predicted octanol–water partition coefficient (Wildman–Crippen LogP) is 3.91. The van der Waals surface area contributed by atoms with Crippen molar-refractivity contribution in [3.05, 3.63) is 48.0 Å². The Balaban J connectivity index is 2.13. The van der Waals surface area contributed by atoms with Gasteiger partial charge in [-0.05, 0) is 46.0 Å². The molecule has 0 aliphatic carbocycles. The van der Waals surface area contributed by atoms with Crippen LogP contribution in [0, 0.1) is 0 Å². The van der Waals surface area contributed by atoms with Crippen molar-refractivity contribution in [3.63, 3.8) is 0 Å². The number of hydrogen-bond acceptors (Lipinski definition) is 2. The van der Waals surface area contributed by atoms with E-state index >= 15 is 0 Å². The first-order valence-corrected chi connectivity index (χ1v) is 7.01. The molecule has 0 bridgehead atoms. The van der Waals surface area contributed by atoms with Crippen molar-refractivity contribution >= 4 is 26.7 Å². The fraction of sp³-hybridized carbons (Fsp3) is 0.333. The summed E-state index contributed by atoms with van der Waals surface area (Å²) in [5, 5.41) is 12.1. The minimum absolute atomic E-state index is 0.564. The summed E-state index contributed by atoms with van der Waals surface area (Å²) in [6.07, 6.45) is 1.85. The van der Waals surface area contributed by atoms with E-state index in [4.69, 9.17) is 4.74 Å². The van der Waals surface area contributed by atoms with E-state index in [2.05, 4.69) is 40.2 Å². The molecule has 0 aromatic heterocycles. The largest absolute Gasteiger partial charge is 0.368 e. The quantitative estimate of drug-likeness (QED) is 0.810. The highest BCUT2D eigenvalue weighted by Crippen LogP contribution is 2.44. The summed E-state index contributed by atoms with van der Waals surface area (Å²) < 4.78 is 5.18. The van der Waals surface area contributed by atoms with Crippen LogP contribution < -0.4 is 0 Å². The molecule has 1 fully saturated rings. The Kier molecular flexibility index (Phi) is 3.14. The van der Waals surface area contributed by atoms with Gasteiger partial charge in [0.2, 0.25) is 0 Å². The third-order valence-electron chi connectivity index (χ3n) is 3.46. The van der Waals surface area contributed by atoms with Gasteiger partial charge in [0, 0.05) is 5.56 Å². The first kappa shape index (κ1) is 12.2. The van der Waals surface area contributed by atoms with Crippen LogP contribution in [0.25, 0.3) is 10.8 Å². The van der Waals surface area contributed by atoms with E-state index in [1.54, 1.807) is 0 Å². The van der Waals surface area contributed by atoms with Crippen LogP contribution in [0.5, 0.6) is 0 Å². The lowest BCUT2D eigenvalue weighted by Crippen LogP contribution is -2.33. The fourth-order valence-corrected chi connectivity index (χ4v) is 3.43. The second-order valence-corrected chi connectivity index (χ2v) is 6.00. The summed E-state index contributed by atoms with van der Waals surface area (Å²) in [6, 6.07) is 14.4. The zero-order valence-electron chi connectivity index (χ0n) is 9.97. The topological polar surface area (TPSA) is 29.5 Å². The van der Waals surface area contributed by atoms with Crippen molar-refractivity contribution in [2.75, 3.05) is 0 Å². The number of aliphatic hydroxyl groups is 1. The van der Waals surface area contributed by atoms with Crippen LogP contribution in [0.15, 0.2) is 42.5 Å². The highest BCUT2D eigenvalue weighted by molar-refractivity contribution is 9.09. The Morgan fingerprint density at radius 1 is 1.17 bits per heavy atom. The monoisotopic (exact) mass is 306 g/mol. The van der Waals surface area contributed by atoms with Crippen molar-refractivity contribution in [1.29, 1.82) is 0 Å². The van der Waals surface area contributed by atoms with Crippen LogP contribution in [-0.2, 0) is 9.25 Å². The minimum Gasteiger partial charge on any atom is -0.368 e. The van der Waals surface area contributed by atoms with Gasteiger partial charge < -0.3 is 9.84 Å². The molecule has 0 saturated carbocycles. The third kappa shape index (κ3) is 2.07. The number of fused-ring (bicyclic) bond motifs is 1. The summed E-state index contributed by atoms with van der Waals surface area (Å²) in [5.74, 6) is 0. The number of aliphatic hydroxyl groups excluding tert-OH is 1. The highest BCUT2D eigenvalue weighted by atomic mass is 79.9. The third-order valence-corrected chi connectivity index (χ3v) is 4.47. The maximum absolute atomic E-state index is 9.73. The molecule has 2 unspecified atom stereocenters. The van der Waals surface area contributed by atoms with Gasteiger partial charge in [0.1, 0.15) is 0 Å². The lowest BCUT2D eigenvalue weighted by Gasteiger charge is -2.35. The molecule has 3 rings (SSSR count). The van der Waals surface area contributed by atoms with Gasteiger partial charge in [-0.3, -0.25) is 0 Å². The SMILES string of the molecule is OC1CCCC(Br)(c2cccc3ccccc23)O1. The first-order chi connectivity index (χ1) is 8.69. The Morgan fingerprint density at radius 3 is 2.78 bits per heavy atom. The maximum Gasteiger partial charge on any atom is 0.156 e. The molecule has 0 radical (unpaired) electrons. The smallest absolute Gasteiger partial charge is 0.156 e. The van der Waals surface area contributed by atoms with E-state index in [1.165, 1.54) is 10.8 Å². The van der Waals surface area contributed by atoms with Crippen molar-refractivity contribution in [3.8, 4) is 0 Å². The molecule has 2 atom stereocenters. The van der Waals surface area contributed by atoms with Gasteiger partial charge in [-0.2, -0.15) is 0 Å². The molecule has 1 aliphatic rings. The molecule has 0 spiro atoms. The van der Waals surface area contributed by atoms with Gasteiger partial charge in [-0.15, -0.1) is 0 Å². The molecule has 1 saturated heterocycles. The van der Waals surface area contributed by atoms with Crippen LogP contribution in [0.1, 0.15) is 24.8 Å². The molecule has 3 heteroatoms. The molecule has 0 amide bonds. The predicted molar refractivity (Wildman–Crippen MR) is 75.5 cm³/mol. The Labute approximate surface area is 115 Å². The van der Waals surface area contributed by atoms with Crippen LogP contribution in [-0.4, -0.2) is 11.4 Å². The van der Waals surface area contributed by atoms with Crippen LogP contribution in [0.4, 0.5) is 0 Å². The molecular formula is C15H15BrO2. The average molecular weight is 307 g/mol. The Hall–Kier alpha value is -0.900.